The number of rotatable bonds is 6. The molecule has 2 atom stereocenters. The molecule has 2 aliphatic rings. The van der Waals surface area contributed by atoms with Gasteiger partial charge in [0.05, 0.1) is 5.92 Å². The lowest BCUT2D eigenvalue weighted by atomic mass is 9.84. The van der Waals surface area contributed by atoms with Crippen LogP contribution in [0.2, 0.25) is 0 Å². The predicted molar refractivity (Wildman–Crippen MR) is 115 cm³/mol. The molecule has 7 nitrogen and oxygen atoms in total. The van der Waals surface area contributed by atoms with Gasteiger partial charge in [-0.3, -0.25) is 9.59 Å². The molecule has 0 bridgehead atoms. The van der Waals surface area contributed by atoms with Crippen molar-refractivity contribution in [3.8, 4) is 11.1 Å². The molecule has 0 aromatic heterocycles. The summed E-state index contributed by atoms with van der Waals surface area (Å²) in [5.74, 6) is -1.91. The SMILES string of the molecule is O=C(O)CNC(=O)[C@@H]1CCCC[C@@H]1NC(=O)OCC1c2ccccc2-c2ccccc21. The van der Waals surface area contributed by atoms with E-state index in [0.29, 0.717) is 12.8 Å². The van der Waals surface area contributed by atoms with E-state index in [2.05, 4.69) is 34.9 Å². The van der Waals surface area contributed by atoms with Crippen LogP contribution in [0.4, 0.5) is 4.79 Å². The van der Waals surface area contributed by atoms with Gasteiger partial charge >= 0.3 is 12.1 Å². The second kappa shape index (κ2) is 9.20. The Bertz CT molecular complexity index is 944. The van der Waals surface area contributed by atoms with E-state index in [1.165, 1.54) is 0 Å². The molecule has 31 heavy (non-hydrogen) atoms. The number of carbonyl (C=O) groups is 3. The fourth-order valence-corrected chi connectivity index (χ4v) is 4.70. The first-order chi connectivity index (χ1) is 15.0. The highest BCUT2D eigenvalue weighted by Gasteiger charge is 2.33. The summed E-state index contributed by atoms with van der Waals surface area (Å²) in [4.78, 5) is 35.7. The van der Waals surface area contributed by atoms with Gasteiger partial charge in [-0.25, -0.2) is 4.79 Å². The molecular formula is C24H26N2O5. The third kappa shape index (κ3) is 4.55. The molecule has 4 rings (SSSR count). The quantitative estimate of drug-likeness (QED) is 0.663. The highest BCUT2D eigenvalue weighted by Crippen LogP contribution is 2.44. The van der Waals surface area contributed by atoms with Gasteiger partial charge in [0.1, 0.15) is 13.2 Å². The molecule has 0 aliphatic heterocycles. The topological polar surface area (TPSA) is 105 Å². The van der Waals surface area contributed by atoms with Crippen LogP contribution in [0, 0.1) is 5.92 Å². The van der Waals surface area contributed by atoms with Crippen molar-refractivity contribution in [3.05, 3.63) is 59.7 Å². The normalized spacial score (nSPS) is 19.7. The van der Waals surface area contributed by atoms with Crippen LogP contribution < -0.4 is 10.6 Å². The molecule has 0 spiro atoms. The van der Waals surface area contributed by atoms with Gasteiger partial charge in [0, 0.05) is 12.0 Å². The van der Waals surface area contributed by atoms with Gasteiger partial charge in [0.25, 0.3) is 0 Å². The first kappa shape index (κ1) is 20.9. The molecule has 1 fully saturated rings. The monoisotopic (exact) mass is 422 g/mol. The number of aliphatic carboxylic acids is 1. The molecule has 3 N–H and O–H groups in total. The highest BCUT2D eigenvalue weighted by atomic mass is 16.5. The van der Waals surface area contributed by atoms with Gasteiger partial charge in [-0.2, -0.15) is 0 Å². The summed E-state index contributed by atoms with van der Waals surface area (Å²) in [6.45, 7) is -0.213. The summed E-state index contributed by atoms with van der Waals surface area (Å²) in [5.41, 5.74) is 4.60. The minimum atomic E-state index is -1.09. The molecule has 0 radical (unpaired) electrons. The van der Waals surface area contributed by atoms with E-state index in [1.54, 1.807) is 0 Å². The Labute approximate surface area is 180 Å². The number of alkyl carbamates (subject to hydrolysis) is 1. The second-order valence-corrected chi connectivity index (χ2v) is 8.08. The maximum absolute atomic E-state index is 12.6. The van der Waals surface area contributed by atoms with E-state index in [-0.39, 0.29) is 24.5 Å². The average molecular weight is 422 g/mol. The number of carboxylic acids is 1. The number of carbonyl (C=O) groups excluding carboxylic acids is 2. The summed E-state index contributed by atoms with van der Waals surface area (Å²) >= 11 is 0. The molecule has 1 saturated carbocycles. The van der Waals surface area contributed by atoms with Gasteiger partial charge < -0.3 is 20.5 Å². The Kier molecular flexibility index (Phi) is 6.21. The lowest BCUT2D eigenvalue weighted by molar-refractivity contribution is -0.139. The summed E-state index contributed by atoms with van der Waals surface area (Å²) in [6, 6.07) is 15.9. The molecular weight excluding hydrogens is 396 g/mol. The summed E-state index contributed by atoms with van der Waals surface area (Å²) in [6.07, 6.45) is 2.49. The van der Waals surface area contributed by atoms with Crippen LogP contribution in [0.25, 0.3) is 11.1 Å². The lowest BCUT2D eigenvalue weighted by Gasteiger charge is -2.30. The number of hydrogen-bond acceptors (Lipinski definition) is 4. The zero-order valence-electron chi connectivity index (χ0n) is 17.2. The zero-order chi connectivity index (χ0) is 21.8. The van der Waals surface area contributed by atoms with Crippen molar-refractivity contribution in [1.82, 2.24) is 10.6 Å². The Morgan fingerprint density at radius 1 is 0.935 bits per heavy atom. The molecule has 7 heteroatoms. The van der Waals surface area contributed by atoms with Crippen molar-refractivity contribution in [2.24, 2.45) is 5.92 Å². The number of fused-ring (bicyclic) bond motifs is 3. The number of hydrogen-bond donors (Lipinski definition) is 3. The van der Waals surface area contributed by atoms with Crippen molar-refractivity contribution in [1.29, 1.82) is 0 Å². The maximum Gasteiger partial charge on any atom is 0.407 e. The van der Waals surface area contributed by atoms with E-state index in [9.17, 15) is 14.4 Å². The summed E-state index contributed by atoms with van der Waals surface area (Å²) < 4.78 is 5.59. The van der Waals surface area contributed by atoms with Gasteiger partial charge in [0.2, 0.25) is 5.91 Å². The minimum Gasteiger partial charge on any atom is -0.480 e. The van der Waals surface area contributed by atoms with Crippen molar-refractivity contribution in [2.75, 3.05) is 13.2 Å². The van der Waals surface area contributed by atoms with E-state index in [0.717, 1.165) is 35.1 Å². The Morgan fingerprint density at radius 3 is 2.19 bits per heavy atom. The van der Waals surface area contributed by atoms with E-state index in [1.807, 2.05) is 24.3 Å². The highest BCUT2D eigenvalue weighted by molar-refractivity contribution is 5.84. The number of benzene rings is 2. The first-order valence-electron chi connectivity index (χ1n) is 10.7. The molecule has 2 aromatic carbocycles. The lowest BCUT2D eigenvalue weighted by Crippen LogP contribution is -2.49. The van der Waals surface area contributed by atoms with E-state index in [4.69, 9.17) is 9.84 Å². The second-order valence-electron chi connectivity index (χ2n) is 8.08. The fourth-order valence-electron chi connectivity index (χ4n) is 4.70. The third-order valence-corrected chi connectivity index (χ3v) is 6.16. The molecule has 162 valence electrons. The van der Waals surface area contributed by atoms with Crippen LogP contribution in [0.1, 0.15) is 42.7 Å². The van der Waals surface area contributed by atoms with Gasteiger partial charge in [0.15, 0.2) is 0 Å². The molecule has 0 unspecified atom stereocenters. The molecule has 0 heterocycles. The van der Waals surface area contributed by atoms with Crippen LogP contribution in [-0.2, 0) is 14.3 Å². The first-order valence-corrected chi connectivity index (χ1v) is 10.7. The molecule has 2 aromatic rings. The Morgan fingerprint density at radius 2 is 1.55 bits per heavy atom. The summed E-state index contributed by atoms with van der Waals surface area (Å²) in [5, 5.41) is 14.0. The zero-order valence-corrected chi connectivity index (χ0v) is 17.2. The van der Waals surface area contributed by atoms with E-state index < -0.39 is 24.5 Å². The standard InChI is InChI=1S/C24H26N2O5/c27-22(28)13-25-23(29)19-11-5-6-12-21(19)26-24(30)31-14-20-17-9-3-1-7-15(17)16-8-2-4-10-18(16)20/h1-4,7-10,19-21H,5-6,11-14H2,(H,25,29)(H,26,30)(H,27,28)/t19-,21+/m1/s1. The van der Waals surface area contributed by atoms with Crippen LogP contribution in [-0.4, -0.2) is 42.3 Å². The minimum absolute atomic E-state index is 0.0285. The Balaban J connectivity index is 1.39. The molecule has 0 saturated heterocycles. The predicted octanol–water partition coefficient (Wildman–Crippen LogP) is 3.28. The van der Waals surface area contributed by atoms with Crippen molar-refractivity contribution >= 4 is 18.0 Å². The van der Waals surface area contributed by atoms with Crippen LogP contribution in [0.15, 0.2) is 48.5 Å². The third-order valence-electron chi connectivity index (χ3n) is 6.16. The van der Waals surface area contributed by atoms with E-state index >= 15 is 0 Å². The Hall–Kier alpha value is -3.35. The molecule has 2 aliphatic carbocycles. The number of ether oxygens (including phenoxy) is 1. The fraction of sp³-hybridized carbons (Fsp3) is 0.375. The van der Waals surface area contributed by atoms with Crippen molar-refractivity contribution in [3.63, 3.8) is 0 Å². The van der Waals surface area contributed by atoms with Crippen LogP contribution >= 0.6 is 0 Å². The smallest absolute Gasteiger partial charge is 0.407 e. The number of nitrogens with one attached hydrogen (secondary N) is 2. The van der Waals surface area contributed by atoms with Gasteiger partial charge in [-0.05, 0) is 35.1 Å². The number of carboxylic acid groups (broad SMARTS) is 1. The van der Waals surface area contributed by atoms with Crippen LogP contribution in [0.5, 0.6) is 0 Å². The van der Waals surface area contributed by atoms with Gasteiger partial charge in [-0.15, -0.1) is 0 Å². The average Bonchev–Trinajstić information content (AvgIpc) is 3.10. The summed E-state index contributed by atoms with van der Waals surface area (Å²) in [7, 11) is 0. The van der Waals surface area contributed by atoms with Crippen LogP contribution in [0.3, 0.4) is 0 Å². The van der Waals surface area contributed by atoms with Crippen molar-refractivity contribution < 1.29 is 24.2 Å². The van der Waals surface area contributed by atoms with Crippen molar-refractivity contribution in [2.45, 2.75) is 37.6 Å². The largest absolute Gasteiger partial charge is 0.480 e. The number of amides is 2. The maximum atomic E-state index is 12.6. The van der Waals surface area contributed by atoms with Gasteiger partial charge in [-0.1, -0.05) is 61.4 Å². The molecule has 2 amide bonds.